The average Bonchev–Trinajstić information content (AvgIpc) is 2.95. The highest BCUT2D eigenvalue weighted by Gasteiger charge is 2.04. The van der Waals surface area contributed by atoms with E-state index in [9.17, 15) is 4.79 Å². The lowest BCUT2D eigenvalue weighted by Crippen LogP contribution is -2.29. The van der Waals surface area contributed by atoms with Crippen molar-refractivity contribution >= 4 is 22.7 Å². The van der Waals surface area contributed by atoms with E-state index in [1.807, 2.05) is 54.6 Å². The normalized spacial score (nSPS) is 10.5. The van der Waals surface area contributed by atoms with Crippen LogP contribution in [0.2, 0.25) is 0 Å². The van der Waals surface area contributed by atoms with Gasteiger partial charge in [-0.2, -0.15) is 0 Å². The Labute approximate surface area is 129 Å². The Balaban J connectivity index is 1.42. The Morgan fingerprint density at radius 1 is 1.00 bits per heavy atom. The molecule has 4 nitrogen and oxygen atoms in total. The maximum atomic E-state index is 11.7. The fourth-order valence-electron chi connectivity index (χ4n) is 2.32. The maximum absolute atomic E-state index is 11.7. The van der Waals surface area contributed by atoms with Crippen LogP contribution in [0.25, 0.3) is 11.0 Å². The van der Waals surface area contributed by atoms with Gasteiger partial charge in [0, 0.05) is 24.0 Å². The van der Waals surface area contributed by atoms with Crippen molar-refractivity contribution in [3.05, 3.63) is 66.4 Å². The molecule has 22 heavy (non-hydrogen) atoms. The van der Waals surface area contributed by atoms with E-state index in [0.717, 1.165) is 35.3 Å². The van der Waals surface area contributed by atoms with Crippen LogP contribution >= 0.6 is 0 Å². The summed E-state index contributed by atoms with van der Waals surface area (Å²) in [6, 6.07) is 19.2. The highest BCUT2D eigenvalue weighted by molar-refractivity contribution is 5.89. The SMILES string of the molecule is O=C(NCCCc1cc2ccccc2o1)Nc1ccccc1. The number of hydrogen-bond acceptors (Lipinski definition) is 2. The molecule has 0 aliphatic carbocycles. The van der Waals surface area contributed by atoms with Crippen molar-refractivity contribution in [2.75, 3.05) is 11.9 Å². The first-order valence-electron chi connectivity index (χ1n) is 7.38. The number of rotatable bonds is 5. The van der Waals surface area contributed by atoms with E-state index in [0.29, 0.717) is 6.54 Å². The molecule has 0 spiro atoms. The molecule has 0 saturated heterocycles. The van der Waals surface area contributed by atoms with Gasteiger partial charge in [0.1, 0.15) is 11.3 Å². The van der Waals surface area contributed by atoms with Gasteiger partial charge in [-0.15, -0.1) is 0 Å². The van der Waals surface area contributed by atoms with Crippen LogP contribution in [0.3, 0.4) is 0 Å². The summed E-state index contributed by atoms with van der Waals surface area (Å²) in [4.78, 5) is 11.7. The Kier molecular flexibility index (Phi) is 4.39. The molecular weight excluding hydrogens is 276 g/mol. The first-order valence-corrected chi connectivity index (χ1v) is 7.38. The second-order valence-electron chi connectivity index (χ2n) is 5.10. The molecule has 112 valence electrons. The first kappa shape index (κ1) is 14.2. The lowest BCUT2D eigenvalue weighted by molar-refractivity contribution is 0.252. The van der Waals surface area contributed by atoms with Crippen LogP contribution in [-0.2, 0) is 6.42 Å². The number of carbonyl (C=O) groups is 1. The molecule has 2 aromatic carbocycles. The Hall–Kier alpha value is -2.75. The number of aryl methyl sites for hydroxylation is 1. The second kappa shape index (κ2) is 6.80. The monoisotopic (exact) mass is 294 g/mol. The Morgan fingerprint density at radius 3 is 2.59 bits per heavy atom. The summed E-state index contributed by atoms with van der Waals surface area (Å²) in [7, 11) is 0. The van der Waals surface area contributed by atoms with Gasteiger partial charge in [0.15, 0.2) is 0 Å². The summed E-state index contributed by atoms with van der Waals surface area (Å²) in [6.45, 7) is 0.607. The van der Waals surface area contributed by atoms with Crippen molar-refractivity contribution in [3.63, 3.8) is 0 Å². The molecular formula is C18H18N2O2. The zero-order valence-electron chi connectivity index (χ0n) is 12.2. The first-order chi connectivity index (χ1) is 10.8. The zero-order valence-corrected chi connectivity index (χ0v) is 12.2. The van der Waals surface area contributed by atoms with Gasteiger partial charge in [0.25, 0.3) is 0 Å². The molecule has 0 atom stereocenters. The predicted octanol–water partition coefficient (Wildman–Crippen LogP) is 4.19. The number of fused-ring (bicyclic) bond motifs is 1. The summed E-state index contributed by atoms with van der Waals surface area (Å²) in [5.74, 6) is 0.950. The van der Waals surface area contributed by atoms with Gasteiger partial charge < -0.3 is 15.1 Å². The lowest BCUT2D eigenvalue weighted by Gasteiger charge is -2.06. The molecule has 2 N–H and O–H groups in total. The number of nitrogens with one attached hydrogen (secondary N) is 2. The molecule has 1 aromatic heterocycles. The summed E-state index contributed by atoms with van der Waals surface area (Å²) in [6.07, 6.45) is 1.64. The fourth-order valence-corrected chi connectivity index (χ4v) is 2.32. The number of carbonyl (C=O) groups excluding carboxylic acids is 1. The molecule has 2 amide bonds. The molecule has 0 fully saturated rings. The van der Waals surface area contributed by atoms with Crippen molar-refractivity contribution in [1.82, 2.24) is 5.32 Å². The van der Waals surface area contributed by atoms with Gasteiger partial charge in [-0.1, -0.05) is 36.4 Å². The van der Waals surface area contributed by atoms with Crippen LogP contribution in [0.4, 0.5) is 10.5 Å². The molecule has 0 aliphatic heterocycles. The highest BCUT2D eigenvalue weighted by atomic mass is 16.3. The number of hydrogen-bond donors (Lipinski definition) is 2. The van der Waals surface area contributed by atoms with E-state index in [4.69, 9.17) is 4.42 Å². The predicted molar refractivity (Wildman–Crippen MR) is 88.0 cm³/mol. The minimum absolute atomic E-state index is 0.184. The second-order valence-corrected chi connectivity index (χ2v) is 5.10. The van der Waals surface area contributed by atoms with Crippen LogP contribution < -0.4 is 10.6 Å². The van der Waals surface area contributed by atoms with E-state index in [2.05, 4.69) is 16.7 Å². The van der Waals surface area contributed by atoms with E-state index in [1.54, 1.807) is 0 Å². The number of benzene rings is 2. The zero-order chi connectivity index (χ0) is 15.2. The molecule has 0 bridgehead atoms. The van der Waals surface area contributed by atoms with E-state index in [-0.39, 0.29) is 6.03 Å². The van der Waals surface area contributed by atoms with Gasteiger partial charge in [-0.25, -0.2) is 4.79 Å². The summed E-state index contributed by atoms with van der Waals surface area (Å²) >= 11 is 0. The molecule has 0 unspecified atom stereocenters. The number of urea groups is 1. The Bertz CT molecular complexity index is 717. The average molecular weight is 294 g/mol. The van der Waals surface area contributed by atoms with Gasteiger partial charge in [-0.05, 0) is 30.7 Å². The molecule has 3 aromatic rings. The van der Waals surface area contributed by atoms with E-state index < -0.39 is 0 Å². The standard InChI is InChI=1S/C18H18N2O2/c21-18(20-15-8-2-1-3-9-15)19-12-6-10-16-13-14-7-4-5-11-17(14)22-16/h1-5,7-9,11,13H,6,10,12H2,(H2,19,20,21). The van der Waals surface area contributed by atoms with Crippen LogP contribution in [0.1, 0.15) is 12.2 Å². The van der Waals surface area contributed by atoms with Crippen molar-refractivity contribution in [1.29, 1.82) is 0 Å². The molecule has 0 saturated carbocycles. The number of furan rings is 1. The minimum Gasteiger partial charge on any atom is -0.461 e. The van der Waals surface area contributed by atoms with Crippen molar-refractivity contribution in [2.45, 2.75) is 12.8 Å². The van der Waals surface area contributed by atoms with Crippen LogP contribution in [-0.4, -0.2) is 12.6 Å². The van der Waals surface area contributed by atoms with Crippen molar-refractivity contribution < 1.29 is 9.21 Å². The Morgan fingerprint density at radius 2 is 1.77 bits per heavy atom. The molecule has 0 radical (unpaired) electrons. The summed E-state index contributed by atoms with van der Waals surface area (Å²) < 4.78 is 5.74. The lowest BCUT2D eigenvalue weighted by atomic mass is 10.2. The molecule has 3 rings (SSSR count). The number of anilines is 1. The molecule has 4 heteroatoms. The highest BCUT2D eigenvalue weighted by Crippen LogP contribution is 2.19. The minimum atomic E-state index is -0.184. The number of para-hydroxylation sites is 2. The van der Waals surface area contributed by atoms with Gasteiger partial charge in [0.05, 0.1) is 0 Å². The molecule has 0 aliphatic rings. The van der Waals surface area contributed by atoms with Gasteiger partial charge in [-0.3, -0.25) is 0 Å². The third-order valence-corrected chi connectivity index (χ3v) is 3.39. The van der Waals surface area contributed by atoms with Gasteiger partial charge in [0.2, 0.25) is 0 Å². The summed E-state index contributed by atoms with van der Waals surface area (Å²) in [5.41, 5.74) is 1.70. The number of amides is 2. The smallest absolute Gasteiger partial charge is 0.319 e. The van der Waals surface area contributed by atoms with Gasteiger partial charge >= 0.3 is 6.03 Å². The topological polar surface area (TPSA) is 54.3 Å². The molecule has 1 heterocycles. The largest absolute Gasteiger partial charge is 0.461 e. The van der Waals surface area contributed by atoms with Crippen LogP contribution in [0, 0.1) is 0 Å². The van der Waals surface area contributed by atoms with Crippen molar-refractivity contribution in [2.24, 2.45) is 0 Å². The van der Waals surface area contributed by atoms with E-state index in [1.165, 1.54) is 0 Å². The third-order valence-electron chi connectivity index (χ3n) is 3.39. The van der Waals surface area contributed by atoms with Crippen LogP contribution in [0.15, 0.2) is 65.1 Å². The fraction of sp³-hybridized carbons (Fsp3) is 0.167. The quantitative estimate of drug-likeness (QED) is 0.693. The van der Waals surface area contributed by atoms with E-state index >= 15 is 0 Å². The summed E-state index contributed by atoms with van der Waals surface area (Å²) in [5, 5.41) is 6.75. The van der Waals surface area contributed by atoms with Crippen molar-refractivity contribution in [3.8, 4) is 0 Å². The third kappa shape index (κ3) is 3.67. The maximum Gasteiger partial charge on any atom is 0.319 e. The van der Waals surface area contributed by atoms with Crippen LogP contribution in [0.5, 0.6) is 0 Å².